The number of hydrogen-bond donors (Lipinski definition) is 1. The van der Waals surface area contributed by atoms with Crippen LogP contribution in [0.4, 0.5) is 18.9 Å². The smallest absolute Gasteiger partial charge is 0.322 e. The number of amides is 1. The fourth-order valence-corrected chi connectivity index (χ4v) is 2.39. The maximum atomic E-state index is 13.6. The van der Waals surface area contributed by atoms with Crippen molar-refractivity contribution in [2.75, 3.05) is 5.32 Å². The number of carbonyl (C=O) groups excluding carboxylic acids is 1. The van der Waals surface area contributed by atoms with Crippen molar-refractivity contribution in [2.45, 2.75) is 13.1 Å². The highest BCUT2D eigenvalue weighted by molar-refractivity contribution is 6.05. The van der Waals surface area contributed by atoms with Crippen molar-refractivity contribution in [3.63, 3.8) is 0 Å². The van der Waals surface area contributed by atoms with Gasteiger partial charge in [-0.3, -0.25) is 4.79 Å². The molecule has 0 saturated heterocycles. The summed E-state index contributed by atoms with van der Waals surface area (Å²) in [4.78, 5) is 12.3. The van der Waals surface area contributed by atoms with E-state index >= 15 is 0 Å². The molecule has 0 atom stereocenters. The first-order valence-electron chi connectivity index (χ1n) is 7.45. The minimum Gasteiger partial charge on any atom is -0.322 e. The Morgan fingerprint density at radius 1 is 1.04 bits per heavy atom. The Bertz CT molecular complexity index is 884. The molecule has 7 heteroatoms. The molecule has 3 aromatic rings. The molecule has 0 unspecified atom stereocenters. The van der Waals surface area contributed by atoms with E-state index in [4.69, 9.17) is 0 Å². The van der Waals surface area contributed by atoms with Gasteiger partial charge in [0.2, 0.25) is 0 Å². The van der Waals surface area contributed by atoms with E-state index in [-0.39, 0.29) is 5.69 Å². The number of aryl methyl sites for hydroxylation is 1. The summed E-state index contributed by atoms with van der Waals surface area (Å²) in [5.41, 5.74) is -0.0892. The van der Waals surface area contributed by atoms with Crippen molar-refractivity contribution >= 4 is 11.6 Å². The average molecular weight is 345 g/mol. The molecule has 1 heterocycles. The third kappa shape index (κ3) is 3.55. The Morgan fingerprint density at radius 3 is 2.28 bits per heavy atom. The molecule has 0 bridgehead atoms. The van der Waals surface area contributed by atoms with Crippen LogP contribution in [0.5, 0.6) is 0 Å². The van der Waals surface area contributed by atoms with Crippen molar-refractivity contribution in [1.82, 2.24) is 9.78 Å². The molecule has 3 rings (SSSR count). The van der Waals surface area contributed by atoms with Gasteiger partial charge in [0.25, 0.3) is 5.91 Å². The molecule has 2 aromatic carbocycles. The number of para-hydroxylation sites is 1. The first-order chi connectivity index (χ1) is 11.9. The fraction of sp³-hybridized carbons (Fsp3) is 0.111. The minimum absolute atomic E-state index is 0.233. The second-order valence-corrected chi connectivity index (χ2v) is 5.47. The number of nitrogens with one attached hydrogen (secondary N) is 1. The van der Waals surface area contributed by atoms with E-state index in [0.717, 1.165) is 16.4 Å². The van der Waals surface area contributed by atoms with Crippen molar-refractivity contribution in [3.8, 4) is 5.69 Å². The summed E-state index contributed by atoms with van der Waals surface area (Å²) in [6.45, 7) is 1.83. The highest BCUT2D eigenvalue weighted by Crippen LogP contribution is 2.34. The molecule has 0 aliphatic heterocycles. The van der Waals surface area contributed by atoms with Gasteiger partial charge >= 0.3 is 6.18 Å². The van der Waals surface area contributed by atoms with E-state index in [1.54, 1.807) is 42.5 Å². The monoisotopic (exact) mass is 345 g/mol. The molecule has 0 radical (unpaired) electrons. The molecular formula is C18H14F3N3O. The van der Waals surface area contributed by atoms with Crippen molar-refractivity contribution < 1.29 is 18.0 Å². The van der Waals surface area contributed by atoms with Crippen molar-refractivity contribution in [1.29, 1.82) is 0 Å². The summed E-state index contributed by atoms with van der Waals surface area (Å²) >= 11 is 0. The summed E-state index contributed by atoms with van der Waals surface area (Å²) in [5.74, 6) is -0.864. The quantitative estimate of drug-likeness (QED) is 0.762. The molecule has 1 N–H and O–H groups in total. The standard InChI is InChI=1S/C18H14F3N3O/c1-12-7-9-14(10-8-12)24-16(18(19,20)21)15(11-22-24)17(25)23-13-5-3-2-4-6-13/h2-11H,1H3,(H,23,25). The largest absolute Gasteiger partial charge is 0.434 e. The van der Waals surface area contributed by atoms with Gasteiger partial charge in [0.15, 0.2) is 5.69 Å². The molecule has 25 heavy (non-hydrogen) atoms. The second-order valence-electron chi connectivity index (χ2n) is 5.47. The average Bonchev–Trinajstić information content (AvgIpc) is 3.02. The fourth-order valence-electron chi connectivity index (χ4n) is 2.39. The lowest BCUT2D eigenvalue weighted by molar-refractivity contribution is -0.143. The summed E-state index contributed by atoms with van der Waals surface area (Å²) in [6.07, 6.45) is -3.80. The summed E-state index contributed by atoms with van der Waals surface area (Å²) < 4.78 is 41.4. The summed E-state index contributed by atoms with van der Waals surface area (Å²) in [7, 11) is 0. The maximum absolute atomic E-state index is 13.6. The van der Waals surface area contributed by atoms with Crippen LogP contribution in [0.15, 0.2) is 60.8 Å². The molecule has 1 amide bonds. The van der Waals surface area contributed by atoms with Crippen LogP contribution in [0.25, 0.3) is 5.69 Å². The van der Waals surface area contributed by atoms with E-state index in [9.17, 15) is 18.0 Å². The number of rotatable bonds is 3. The van der Waals surface area contributed by atoms with Gasteiger partial charge in [0.1, 0.15) is 0 Å². The third-order valence-corrected chi connectivity index (χ3v) is 3.59. The van der Waals surface area contributed by atoms with Crippen LogP contribution < -0.4 is 5.32 Å². The van der Waals surface area contributed by atoms with Gasteiger partial charge in [-0.2, -0.15) is 18.3 Å². The predicted molar refractivity (Wildman–Crippen MR) is 87.7 cm³/mol. The normalized spacial score (nSPS) is 11.4. The van der Waals surface area contributed by atoms with Crippen LogP contribution in [-0.4, -0.2) is 15.7 Å². The maximum Gasteiger partial charge on any atom is 0.434 e. The number of alkyl halides is 3. The van der Waals surface area contributed by atoms with Gasteiger partial charge < -0.3 is 5.32 Å². The van der Waals surface area contributed by atoms with E-state index in [0.29, 0.717) is 5.69 Å². The van der Waals surface area contributed by atoms with E-state index < -0.39 is 23.3 Å². The zero-order valence-electron chi connectivity index (χ0n) is 13.2. The first-order valence-corrected chi connectivity index (χ1v) is 7.45. The Morgan fingerprint density at radius 2 is 1.68 bits per heavy atom. The number of carbonyl (C=O) groups is 1. The topological polar surface area (TPSA) is 46.9 Å². The molecule has 128 valence electrons. The third-order valence-electron chi connectivity index (χ3n) is 3.59. The van der Waals surface area contributed by atoms with E-state index in [1.807, 2.05) is 6.92 Å². The highest BCUT2D eigenvalue weighted by Gasteiger charge is 2.40. The summed E-state index contributed by atoms with van der Waals surface area (Å²) in [5, 5.41) is 6.23. The molecule has 0 saturated carbocycles. The lowest BCUT2D eigenvalue weighted by atomic mass is 10.2. The number of anilines is 1. The zero-order valence-corrected chi connectivity index (χ0v) is 13.2. The van der Waals surface area contributed by atoms with Gasteiger partial charge in [0.05, 0.1) is 17.4 Å². The molecule has 1 aromatic heterocycles. The number of halogens is 3. The number of benzene rings is 2. The molecule has 0 fully saturated rings. The van der Waals surface area contributed by atoms with Gasteiger partial charge in [-0.25, -0.2) is 4.68 Å². The van der Waals surface area contributed by atoms with Gasteiger partial charge in [-0.15, -0.1) is 0 Å². The Kier molecular flexibility index (Phi) is 4.31. The number of aromatic nitrogens is 2. The zero-order chi connectivity index (χ0) is 18.0. The van der Waals surface area contributed by atoms with Gasteiger partial charge in [-0.1, -0.05) is 35.9 Å². The Hall–Kier alpha value is -3.09. The van der Waals surface area contributed by atoms with Crippen molar-refractivity contribution in [3.05, 3.63) is 77.6 Å². The van der Waals surface area contributed by atoms with E-state index in [2.05, 4.69) is 10.4 Å². The number of hydrogen-bond acceptors (Lipinski definition) is 2. The van der Waals surface area contributed by atoms with Crippen LogP contribution in [0.3, 0.4) is 0 Å². The highest BCUT2D eigenvalue weighted by atomic mass is 19.4. The van der Waals surface area contributed by atoms with Crippen molar-refractivity contribution in [2.24, 2.45) is 0 Å². The van der Waals surface area contributed by atoms with Crippen LogP contribution in [-0.2, 0) is 6.18 Å². The molecule has 0 spiro atoms. The van der Waals surface area contributed by atoms with Crippen LogP contribution >= 0.6 is 0 Å². The second kappa shape index (κ2) is 6.43. The lowest BCUT2D eigenvalue weighted by Crippen LogP contribution is -2.20. The predicted octanol–water partition coefficient (Wildman–Crippen LogP) is 4.45. The summed E-state index contributed by atoms with van der Waals surface area (Å²) in [6, 6.07) is 14.7. The van der Waals surface area contributed by atoms with Gasteiger partial charge in [0, 0.05) is 5.69 Å². The molecular weight excluding hydrogens is 331 g/mol. The van der Waals surface area contributed by atoms with E-state index in [1.165, 1.54) is 12.1 Å². The van der Waals surface area contributed by atoms with Crippen LogP contribution in [0.1, 0.15) is 21.6 Å². The molecule has 4 nitrogen and oxygen atoms in total. The molecule has 0 aliphatic carbocycles. The lowest BCUT2D eigenvalue weighted by Gasteiger charge is -2.13. The SMILES string of the molecule is Cc1ccc(-n2ncc(C(=O)Nc3ccccc3)c2C(F)(F)F)cc1. The van der Waals surface area contributed by atoms with Crippen LogP contribution in [0.2, 0.25) is 0 Å². The first kappa shape index (κ1) is 16.8. The van der Waals surface area contributed by atoms with Gasteiger partial charge in [-0.05, 0) is 31.2 Å². The molecule has 0 aliphatic rings. The van der Waals surface area contributed by atoms with Crippen LogP contribution in [0, 0.1) is 6.92 Å². The minimum atomic E-state index is -4.73. The Labute approximate surface area is 141 Å². The Balaban J connectivity index is 2.03. The number of nitrogens with zero attached hydrogens (tertiary/aromatic N) is 2.